The van der Waals surface area contributed by atoms with Gasteiger partial charge in [-0.3, -0.25) is 4.79 Å². The summed E-state index contributed by atoms with van der Waals surface area (Å²) in [7, 11) is 0. The van der Waals surface area contributed by atoms with Gasteiger partial charge in [0, 0.05) is 6.42 Å². The molecule has 96 valence electrons. The largest absolute Gasteiger partial charge is 0.382 e. The van der Waals surface area contributed by atoms with Crippen molar-refractivity contribution in [2.75, 3.05) is 0 Å². The average molecular weight is 228 g/mol. The summed E-state index contributed by atoms with van der Waals surface area (Å²) in [5.41, 5.74) is -1.07. The Hall–Kier alpha value is -0.370. The van der Waals surface area contributed by atoms with Gasteiger partial charge in [-0.15, -0.1) is 0 Å². The maximum absolute atomic E-state index is 12.0. The minimum atomic E-state index is -1.07. The molecule has 0 spiro atoms. The molecule has 2 heteroatoms. The Balaban J connectivity index is 4.28. The van der Waals surface area contributed by atoms with Crippen molar-refractivity contribution in [3.63, 3.8) is 0 Å². The molecule has 2 nitrogen and oxygen atoms in total. The van der Waals surface area contributed by atoms with Crippen LogP contribution in [0.5, 0.6) is 0 Å². The number of hydrogen-bond donors (Lipinski definition) is 1. The first-order valence-corrected chi connectivity index (χ1v) is 6.79. The van der Waals surface area contributed by atoms with Gasteiger partial charge in [0.1, 0.15) is 5.60 Å². The summed E-state index contributed by atoms with van der Waals surface area (Å²) in [5.74, 6) is 0.498. The van der Waals surface area contributed by atoms with Gasteiger partial charge >= 0.3 is 0 Å². The summed E-state index contributed by atoms with van der Waals surface area (Å²) >= 11 is 0. The van der Waals surface area contributed by atoms with Crippen LogP contribution in [0.2, 0.25) is 0 Å². The van der Waals surface area contributed by atoms with Crippen LogP contribution in [-0.4, -0.2) is 16.5 Å². The highest BCUT2D eigenvalue weighted by Gasteiger charge is 2.32. The van der Waals surface area contributed by atoms with Crippen LogP contribution in [0, 0.1) is 5.92 Å². The molecule has 0 rings (SSSR count). The van der Waals surface area contributed by atoms with Gasteiger partial charge in [-0.25, -0.2) is 0 Å². The van der Waals surface area contributed by atoms with Gasteiger partial charge in [0.25, 0.3) is 0 Å². The van der Waals surface area contributed by atoms with E-state index in [1.54, 1.807) is 0 Å². The van der Waals surface area contributed by atoms with Gasteiger partial charge in [-0.05, 0) is 18.8 Å². The molecule has 1 atom stereocenters. The highest BCUT2D eigenvalue weighted by Crippen LogP contribution is 2.24. The van der Waals surface area contributed by atoms with Crippen molar-refractivity contribution in [3.8, 4) is 0 Å². The van der Waals surface area contributed by atoms with Gasteiger partial charge in [0.15, 0.2) is 5.78 Å². The predicted octanol–water partition coefficient (Wildman–Crippen LogP) is 3.71. The molecule has 0 saturated carbocycles. The summed E-state index contributed by atoms with van der Waals surface area (Å²) < 4.78 is 0. The number of rotatable bonds is 9. The minimum absolute atomic E-state index is 0.0421. The fourth-order valence-electron chi connectivity index (χ4n) is 2.04. The molecule has 0 amide bonds. The molecular formula is C14H28O2. The molecule has 0 heterocycles. The molecule has 0 aromatic heterocycles. The number of unbranched alkanes of at least 4 members (excludes halogenated alkanes) is 1. The maximum atomic E-state index is 12.0. The molecule has 1 N–H and O–H groups in total. The molecule has 0 aromatic carbocycles. The van der Waals surface area contributed by atoms with E-state index < -0.39 is 5.60 Å². The SMILES string of the molecule is CCCCC(CC)CC(=O)C(O)(CC)CC. The van der Waals surface area contributed by atoms with Crippen molar-refractivity contribution in [1.82, 2.24) is 0 Å². The van der Waals surface area contributed by atoms with Crippen LogP contribution in [0.4, 0.5) is 0 Å². The predicted molar refractivity (Wildman–Crippen MR) is 68.5 cm³/mol. The molecule has 0 aliphatic heterocycles. The lowest BCUT2D eigenvalue weighted by Crippen LogP contribution is -2.38. The number of carbonyl (C=O) groups is 1. The summed E-state index contributed by atoms with van der Waals surface area (Å²) in [6, 6.07) is 0. The lowest BCUT2D eigenvalue weighted by Gasteiger charge is -2.25. The highest BCUT2D eigenvalue weighted by atomic mass is 16.3. The van der Waals surface area contributed by atoms with E-state index in [1.807, 2.05) is 13.8 Å². The first kappa shape index (κ1) is 15.6. The topological polar surface area (TPSA) is 37.3 Å². The van der Waals surface area contributed by atoms with Gasteiger partial charge in [-0.1, -0.05) is 53.4 Å². The Morgan fingerprint density at radius 2 is 1.75 bits per heavy atom. The molecule has 0 fully saturated rings. The third kappa shape index (κ3) is 4.65. The zero-order chi connectivity index (χ0) is 12.6. The van der Waals surface area contributed by atoms with E-state index in [9.17, 15) is 9.90 Å². The van der Waals surface area contributed by atoms with E-state index in [4.69, 9.17) is 0 Å². The summed E-state index contributed by atoms with van der Waals surface area (Å²) in [5, 5.41) is 10.1. The van der Waals surface area contributed by atoms with Crippen LogP contribution in [-0.2, 0) is 4.79 Å². The summed E-state index contributed by atoms with van der Waals surface area (Å²) in [6.45, 7) is 8.07. The van der Waals surface area contributed by atoms with Gasteiger partial charge in [0.05, 0.1) is 0 Å². The van der Waals surface area contributed by atoms with Gasteiger partial charge in [-0.2, -0.15) is 0 Å². The minimum Gasteiger partial charge on any atom is -0.382 e. The van der Waals surface area contributed by atoms with E-state index in [1.165, 1.54) is 12.8 Å². The fourth-order valence-corrected chi connectivity index (χ4v) is 2.04. The monoisotopic (exact) mass is 228 g/mol. The Kier molecular flexibility index (Phi) is 7.65. The van der Waals surface area contributed by atoms with Crippen molar-refractivity contribution in [3.05, 3.63) is 0 Å². The zero-order valence-corrected chi connectivity index (χ0v) is 11.4. The normalized spacial score (nSPS) is 13.8. The van der Waals surface area contributed by atoms with Crippen molar-refractivity contribution >= 4 is 5.78 Å². The number of carbonyl (C=O) groups excluding carboxylic acids is 1. The fraction of sp³-hybridized carbons (Fsp3) is 0.929. The smallest absolute Gasteiger partial charge is 0.164 e. The Labute approximate surface area is 100 Å². The Morgan fingerprint density at radius 3 is 2.12 bits per heavy atom. The molecule has 0 aromatic rings. The zero-order valence-electron chi connectivity index (χ0n) is 11.4. The summed E-state index contributed by atoms with van der Waals surface area (Å²) in [4.78, 5) is 12.0. The third-order valence-corrected chi connectivity index (χ3v) is 3.71. The van der Waals surface area contributed by atoms with E-state index >= 15 is 0 Å². The van der Waals surface area contributed by atoms with Crippen LogP contribution in [0.15, 0.2) is 0 Å². The van der Waals surface area contributed by atoms with Gasteiger partial charge < -0.3 is 5.11 Å². The lowest BCUT2D eigenvalue weighted by atomic mass is 9.84. The molecule has 16 heavy (non-hydrogen) atoms. The van der Waals surface area contributed by atoms with E-state index in [2.05, 4.69) is 13.8 Å². The standard InChI is InChI=1S/C14H28O2/c1-5-9-10-12(6-2)11-13(15)14(16,7-3)8-4/h12,16H,5-11H2,1-4H3. The molecule has 1 unspecified atom stereocenters. The van der Waals surface area contributed by atoms with E-state index in [-0.39, 0.29) is 5.78 Å². The van der Waals surface area contributed by atoms with Gasteiger partial charge in [0.2, 0.25) is 0 Å². The van der Waals surface area contributed by atoms with Crippen molar-refractivity contribution in [1.29, 1.82) is 0 Å². The molecular weight excluding hydrogens is 200 g/mol. The Bertz CT molecular complexity index is 195. The van der Waals surface area contributed by atoms with E-state index in [0.717, 1.165) is 12.8 Å². The average Bonchev–Trinajstić information content (AvgIpc) is 2.32. The van der Waals surface area contributed by atoms with Crippen LogP contribution in [0.1, 0.15) is 72.6 Å². The number of Topliss-reactive ketones (excluding diaryl/α,β-unsaturated/α-hetero) is 1. The first-order chi connectivity index (χ1) is 7.53. The van der Waals surface area contributed by atoms with Crippen molar-refractivity contribution in [2.45, 2.75) is 78.2 Å². The van der Waals surface area contributed by atoms with Crippen LogP contribution >= 0.6 is 0 Å². The highest BCUT2D eigenvalue weighted by molar-refractivity contribution is 5.87. The number of hydrogen-bond acceptors (Lipinski definition) is 2. The first-order valence-electron chi connectivity index (χ1n) is 6.79. The van der Waals surface area contributed by atoms with Crippen LogP contribution in [0.3, 0.4) is 0 Å². The lowest BCUT2D eigenvalue weighted by molar-refractivity contribution is -0.139. The number of ketones is 1. The molecule has 0 aliphatic carbocycles. The Morgan fingerprint density at radius 1 is 1.19 bits per heavy atom. The van der Waals surface area contributed by atoms with Crippen LogP contribution < -0.4 is 0 Å². The summed E-state index contributed by atoms with van der Waals surface area (Å²) in [6.07, 6.45) is 6.13. The number of aliphatic hydroxyl groups is 1. The van der Waals surface area contributed by atoms with Crippen LogP contribution in [0.25, 0.3) is 0 Å². The van der Waals surface area contributed by atoms with E-state index in [0.29, 0.717) is 25.2 Å². The molecule has 0 saturated heterocycles. The third-order valence-electron chi connectivity index (χ3n) is 3.71. The quantitative estimate of drug-likeness (QED) is 0.653. The second kappa shape index (κ2) is 7.83. The second-order valence-corrected chi connectivity index (χ2v) is 4.78. The van der Waals surface area contributed by atoms with Crippen molar-refractivity contribution < 1.29 is 9.90 Å². The molecule has 0 bridgehead atoms. The van der Waals surface area contributed by atoms with Crippen molar-refractivity contribution in [2.24, 2.45) is 5.92 Å². The maximum Gasteiger partial charge on any atom is 0.164 e. The molecule has 0 radical (unpaired) electrons. The second-order valence-electron chi connectivity index (χ2n) is 4.78. The molecule has 0 aliphatic rings.